The molecule has 0 saturated carbocycles. The SMILES string of the molecule is Cn1cc(-c2ccc3[nH]nc(-c4ccnc(N5CCOCC5)c4)c3c2)nn1. The van der Waals surface area contributed by atoms with Crippen molar-refractivity contribution in [3.05, 3.63) is 42.7 Å². The fourth-order valence-electron chi connectivity index (χ4n) is 3.40. The predicted molar refractivity (Wildman–Crippen MR) is 102 cm³/mol. The van der Waals surface area contributed by atoms with Gasteiger partial charge in [0, 0.05) is 42.8 Å². The number of nitrogens with one attached hydrogen (secondary N) is 1. The lowest BCUT2D eigenvalue weighted by Gasteiger charge is -2.27. The molecular formula is C19H19N7O. The number of aromatic amines is 1. The topological polar surface area (TPSA) is 84.8 Å². The van der Waals surface area contributed by atoms with Gasteiger partial charge in [0.05, 0.1) is 24.9 Å². The Morgan fingerprint density at radius 2 is 1.96 bits per heavy atom. The smallest absolute Gasteiger partial charge is 0.129 e. The van der Waals surface area contributed by atoms with Gasteiger partial charge < -0.3 is 9.64 Å². The number of fused-ring (bicyclic) bond motifs is 1. The Morgan fingerprint density at radius 3 is 2.78 bits per heavy atom. The first-order chi connectivity index (χ1) is 13.3. The highest BCUT2D eigenvalue weighted by atomic mass is 16.5. The molecule has 0 unspecified atom stereocenters. The van der Waals surface area contributed by atoms with Crippen LogP contribution in [0.1, 0.15) is 0 Å². The van der Waals surface area contributed by atoms with Crippen LogP contribution < -0.4 is 4.90 Å². The van der Waals surface area contributed by atoms with Crippen molar-refractivity contribution in [1.29, 1.82) is 0 Å². The van der Waals surface area contributed by atoms with Crippen molar-refractivity contribution < 1.29 is 4.74 Å². The Bertz CT molecular complexity index is 1090. The molecule has 5 rings (SSSR count). The number of ether oxygens (including phenoxy) is 1. The molecule has 1 fully saturated rings. The van der Waals surface area contributed by atoms with E-state index in [0.29, 0.717) is 0 Å². The summed E-state index contributed by atoms with van der Waals surface area (Å²) in [5.74, 6) is 0.956. The summed E-state index contributed by atoms with van der Waals surface area (Å²) in [5, 5.41) is 17.0. The molecule has 4 aromatic rings. The van der Waals surface area contributed by atoms with Crippen LogP contribution in [0.4, 0.5) is 5.82 Å². The Hall–Kier alpha value is -3.26. The first-order valence-corrected chi connectivity index (χ1v) is 8.92. The molecule has 1 saturated heterocycles. The summed E-state index contributed by atoms with van der Waals surface area (Å²) in [6.07, 6.45) is 3.75. The van der Waals surface area contributed by atoms with Crippen molar-refractivity contribution in [3.8, 4) is 22.5 Å². The van der Waals surface area contributed by atoms with Crippen LogP contribution in [0, 0.1) is 0 Å². The van der Waals surface area contributed by atoms with Crippen molar-refractivity contribution in [2.75, 3.05) is 31.2 Å². The Morgan fingerprint density at radius 1 is 1.07 bits per heavy atom. The predicted octanol–water partition coefficient (Wildman–Crippen LogP) is 2.26. The van der Waals surface area contributed by atoms with Crippen molar-refractivity contribution in [3.63, 3.8) is 0 Å². The van der Waals surface area contributed by atoms with Gasteiger partial charge in [0.1, 0.15) is 17.2 Å². The lowest BCUT2D eigenvalue weighted by atomic mass is 10.0. The molecule has 8 nitrogen and oxygen atoms in total. The van der Waals surface area contributed by atoms with Gasteiger partial charge in [-0.3, -0.25) is 9.78 Å². The maximum Gasteiger partial charge on any atom is 0.129 e. The maximum atomic E-state index is 5.44. The van der Waals surface area contributed by atoms with Crippen molar-refractivity contribution >= 4 is 16.7 Å². The monoisotopic (exact) mass is 361 g/mol. The number of anilines is 1. The number of H-pyrrole nitrogens is 1. The third-order valence-electron chi connectivity index (χ3n) is 4.82. The van der Waals surface area contributed by atoms with E-state index in [2.05, 4.69) is 42.5 Å². The van der Waals surface area contributed by atoms with E-state index in [1.165, 1.54) is 0 Å². The molecule has 1 aliphatic rings. The third-order valence-corrected chi connectivity index (χ3v) is 4.82. The van der Waals surface area contributed by atoms with Gasteiger partial charge in [0.25, 0.3) is 0 Å². The lowest BCUT2D eigenvalue weighted by molar-refractivity contribution is 0.122. The Labute approximate surface area is 155 Å². The van der Waals surface area contributed by atoms with Crippen LogP contribution in [-0.2, 0) is 11.8 Å². The molecule has 136 valence electrons. The van der Waals surface area contributed by atoms with Crippen molar-refractivity contribution in [1.82, 2.24) is 30.2 Å². The van der Waals surface area contributed by atoms with Gasteiger partial charge in [-0.15, -0.1) is 5.10 Å². The van der Waals surface area contributed by atoms with E-state index in [9.17, 15) is 0 Å². The summed E-state index contributed by atoms with van der Waals surface area (Å²) < 4.78 is 7.14. The summed E-state index contributed by atoms with van der Waals surface area (Å²) in [6, 6.07) is 10.2. The fourth-order valence-corrected chi connectivity index (χ4v) is 3.40. The number of benzene rings is 1. The zero-order chi connectivity index (χ0) is 18.2. The molecule has 0 amide bonds. The standard InChI is InChI=1S/C19H19N7O/c1-25-12-17(22-24-25)13-2-3-16-15(10-13)19(23-21-16)14-4-5-20-18(11-14)26-6-8-27-9-7-26/h2-5,10-12H,6-9H2,1H3,(H,21,23). The van der Waals surface area contributed by atoms with Crippen LogP contribution >= 0.6 is 0 Å². The van der Waals surface area contributed by atoms with Gasteiger partial charge in [-0.2, -0.15) is 5.10 Å². The molecular weight excluding hydrogens is 342 g/mol. The zero-order valence-corrected chi connectivity index (χ0v) is 15.0. The molecule has 0 radical (unpaired) electrons. The molecule has 0 bridgehead atoms. The zero-order valence-electron chi connectivity index (χ0n) is 15.0. The minimum atomic E-state index is 0.735. The van der Waals surface area contributed by atoms with Crippen LogP contribution in [0.15, 0.2) is 42.7 Å². The molecule has 0 spiro atoms. The normalized spacial score (nSPS) is 14.8. The summed E-state index contributed by atoms with van der Waals surface area (Å²) in [4.78, 5) is 6.78. The third kappa shape index (κ3) is 2.93. The molecule has 8 heteroatoms. The first-order valence-electron chi connectivity index (χ1n) is 8.92. The molecule has 1 aliphatic heterocycles. The molecule has 1 N–H and O–H groups in total. The van der Waals surface area contributed by atoms with E-state index in [4.69, 9.17) is 4.74 Å². The van der Waals surface area contributed by atoms with Gasteiger partial charge in [-0.05, 0) is 24.3 Å². The van der Waals surface area contributed by atoms with E-state index >= 15 is 0 Å². The second kappa shape index (κ2) is 6.48. The van der Waals surface area contributed by atoms with Crippen LogP contribution in [0.25, 0.3) is 33.4 Å². The molecule has 27 heavy (non-hydrogen) atoms. The minimum Gasteiger partial charge on any atom is -0.378 e. The van der Waals surface area contributed by atoms with Crippen LogP contribution in [-0.4, -0.2) is 56.5 Å². The summed E-state index contributed by atoms with van der Waals surface area (Å²) in [7, 11) is 1.86. The van der Waals surface area contributed by atoms with Crippen molar-refractivity contribution in [2.45, 2.75) is 0 Å². The number of rotatable bonds is 3. The second-order valence-corrected chi connectivity index (χ2v) is 6.61. The fraction of sp³-hybridized carbons (Fsp3) is 0.263. The van der Waals surface area contributed by atoms with E-state index in [1.54, 1.807) is 4.68 Å². The summed E-state index contributed by atoms with van der Waals surface area (Å²) >= 11 is 0. The second-order valence-electron chi connectivity index (χ2n) is 6.61. The maximum absolute atomic E-state index is 5.44. The van der Waals surface area contributed by atoms with E-state index in [-0.39, 0.29) is 0 Å². The summed E-state index contributed by atoms with van der Waals surface area (Å²) in [5.41, 5.74) is 4.79. The Kier molecular flexibility index (Phi) is 3.83. The molecule has 4 heterocycles. The number of aromatic nitrogens is 6. The largest absolute Gasteiger partial charge is 0.378 e. The molecule has 0 atom stereocenters. The average Bonchev–Trinajstić information content (AvgIpc) is 3.34. The molecule has 0 aliphatic carbocycles. The lowest BCUT2D eigenvalue weighted by Crippen LogP contribution is -2.36. The first kappa shape index (κ1) is 16.0. The van der Waals surface area contributed by atoms with Crippen LogP contribution in [0.2, 0.25) is 0 Å². The highest BCUT2D eigenvalue weighted by Crippen LogP contribution is 2.31. The number of pyridine rings is 1. The number of hydrogen-bond donors (Lipinski definition) is 1. The van der Waals surface area contributed by atoms with E-state index in [0.717, 1.165) is 65.5 Å². The van der Waals surface area contributed by atoms with Gasteiger partial charge in [-0.1, -0.05) is 11.3 Å². The summed E-state index contributed by atoms with van der Waals surface area (Å²) in [6.45, 7) is 3.18. The van der Waals surface area contributed by atoms with E-state index in [1.807, 2.05) is 37.6 Å². The van der Waals surface area contributed by atoms with E-state index < -0.39 is 0 Å². The van der Waals surface area contributed by atoms with Gasteiger partial charge in [0.2, 0.25) is 0 Å². The highest BCUT2D eigenvalue weighted by Gasteiger charge is 2.15. The quantitative estimate of drug-likeness (QED) is 0.602. The number of hydrogen-bond acceptors (Lipinski definition) is 6. The number of aryl methyl sites for hydroxylation is 1. The molecule has 1 aromatic carbocycles. The minimum absolute atomic E-state index is 0.735. The van der Waals surface area contributed by atoms with Crippen LogP contribution in [0.5, 0.6) is 0 Å². The number of nitrogens with zero attached hydrogens (tertiary/aromatic N) is 6. The van der Waals surface area contributed by atoms with Crippen LogP contribution in [0.3, 0.4) is 0 Å². The average molecular weight is 361 g/mol. The van der Waals surface area contributed by atoms with Crippen molar-refractivity contribution in [2.24, 2.45) is 7.05 Å². The number of morpholine rings is 1. The van der Waals surface area contributed by atoms with Gasteiger partial charge in [-0.25, -0.2) is 4.98 Å². The molecule has 3 aromatic heterocycles. The van der Waals surface area contributed by atoms with Gasteiger partial charge >= 0.3 is 0 Å². The Balaban J connectivity index is 1.56. The van der Waals surface area contributed by atoms with Gasteiger partial charge in [0.15, 0.2) is 0 Å². The highest BCUT2D eigenvalue weighted by molar-refractivity contribution is 5.95.